The highest BCUT2D eigenvalue weighted by Crippen LogP contribution is 2.18. The number of rotatable bonds is 8. The van der Waals surface area contributed by atoms with Gasteiger partial charge in [-0.15, -0.1) is 0 Å². The molecule has 6 heteroatoms. The van der Waals surface area contributed by atoms with Gasteiger partial charge in [0.25, 0.3) is 5.91 Å². The number of ether oxygens (including phenoxy) is 1. The van der Waals surface area contributed by atoms with E-state index in [0.29, 0.717) is 25.1 Å². The van der Waals surface area contributed by atoms with Crippen LogP contribution in [0.15, 0.2) is 30.5 Å². The van der Waals surface area contributed by atoms with Crippen molar-refractivity contribution in [1.82, 2.24) is 15.1 Å². The zero-order chi connectivity index (χ0) is 17.5. The van der Waals surface area contributed by atoms with Crippen molar-refractivity contribution in [3.63, 3.8) is 0 Å². The zero-order valence-corrected chi connectivity index (χ0v) is 14.4. The summed E-state index contributed by atoms with van der Waals surface area (Å²) in [6, 6.07) is 6.28. The fourth-order valence-corrected chi connectivity index (χ4v) is 2.31. The highest BCUT2D eigenvalue weighted by atomic mass is 19.1. The third-order valence-corrected chi connectivity index (χ3v) is 3.61. The van der Waals surface area contributed by atoms with E-state index < -0.39 is 0 Å². The lowest BCUT2D eigenvalue weighted by Gasteiger charge is -2.08. The van der Waals surface area contributed by atoms with Gasteiger partial charge in [0.2, 0.25) is 0 Å². The Morgan fingerprint density at radius 1 is 1.38 bits per heavy atom. The van der Waals surface area contributed by atoms with Crippen LogP contribution in [0, 0.1) is 5.82 Å². The summed E-state index contributed by atoms with van der Waals surface area (Å²) >= 11 is 0. The van der Waals surface area contributed by atoms with Crippen LogP contribution >= 0.6 is 0 Å². The molecule has 0 saturated carbocycles. The van der Waals surface area contributed by atoms with Gasteiger partial charge >= 0.3 is 0 Å². The van der Waals surface area contributed by atoms with E-state index in [9.17, 15) is 9.18 Å². The maximum Gasteiger partial charge on any atom is 0.254 e. The van der Waals surface area contributed by atoms with Gasteiger partial charge in [0.15, 0.2) is 11.6 Å². The van der Waals surface area contributed by atoms with Crippen LogP contribution in [-0.2, 0) is 6.54 Å². The number of benzene rings is 1. The Bertz CT molecular complexity index is 683. The van der Waals surface area contributed by atoms with Gasteiger partial charge in [-0.1, -0.05) is 26.0 Å². The van der Waals surface area contributed by atoms with Crippen LogP contribution in [0.25, 0.3) is 0 Å². The molecule has 0 radical (unpaired) electrons. The SMILES string of the molecule is CCn1cc(C(=O)NCCCOc2ccccc2F)c(C(C)C)n1. The topological polar surface area (TPSA) is 56.2 Å². The van der Waals surface area contributed by atoms with Crippen molar-refractivity contribution >= 4 is 5.91 Å². The van der Waals surface area contributed by atoms with Gasteiger partial charge in [-0.3, -0.25) is 9.48 Å². The van der Waals surface area contributed by atoms with E-state index >= 15 is 0 Å². The van der Waals surface area contributed by atoms with Gasteiger partial charge in [0.05, 0.1) is 17.9 Å². The molecule has 1 N–H and O–H groups in total. The number of hydrogen-bond donors (Lipinski definition) is 1. The third kappa shape index (κ3) is 4.57. The van der Waals surface area contributed by atoms with Gasteiger partial charge < -0.3 is 10.1 Å². The average Bonchev–Trinajstić information content (AvgIpc) is 3.01. The second kappa shape index (κ2) is 8.47. The fourth-order valence-electron chi connectivity index (χ4n) is 2.31. The minimum Gasteiger partial charge on any atom is -0.490 e. The molecule has 2 aromatic rings. The van der Waals surface area contributed by atoms with Gasteiger partial charge in [-0.05, 0) is 31.4 Å². The molecule has 0 aliphatic heterocycles. The summed E-state index contributed by atoms with van der Waals surface area (Å²) in [5, 5.41) is 7.30. The molecule has 130 valence electrons. The Balaban J connectivity index is 1.81. The standard InChI is InChI=1S/C18H24FN3O2/c1-4-22-12-14(17(21-22)13(2)3)18(23)20-10-7-11-24-16-9-6-5-8-15(16)19/h5-6,8-9,12-13H,4,7,10-11H2,1-3H3,(H,20,23). The Morgan fingerprint density at radius 3 is 2.79 bits per heavy atom. The smallest absolute Gasteiger partial charge is 0.254 e. The van der Waals surface area contributed by atoms with Gasteiger partial charge in [0.1, 0.15) is 0 Å². The molecule has 0 spiro atoms. The van der Waals surface area contributed by atoms with E-state index in [4.69, 9.17) is 4.74 Å². The molecule has 1 aromatic heterocycles. The predicted octanol–water partition coefficient (Wildman–Crippen LogP) is 3.36. The number of carbonyl (C=O) groups excluding carboxylic acids is 1. The van der Waals surface area contributed by atoms with Crippen LogP contribution in [-0.4, -0.2) is 28.8 Å². The number of halogens is 1. The fraction of sp³-hybridized carbons (Fsp3) is 0.444. The normalized spacial score (nSPS) is 10.9. The van der Waals surface area contributed by atoms with Crippen LogP contribution in [0.3, 0.4) is 0 Å². The Labute approximate surface area is 141 Å². The van der Waals surface area contributed by atoms with Crippen LogP contribution < -0.4 is 10.1 Å². The van der Waals surface area contributed by atoms with E-state index in [-0.39, 0.29) is 23.4 Å². The number of aromatic nitrogens is 2. The maximum atomic E-state index is 13.4. The minimum absolute atomic E-state index is 0.135. The lowest BCUT2D eigenvalue weighted by Crippen LogP contribution is -2.26. The summed E-state index contributed by atoms with van der Waals surface area (Å²) in [7, 11) is 0. The molecule has 1 aromatic carbocycles. The van der Waals surface area contributed by atoms with Crippen molar-refractivity contribution in [3.8, 4) is 5.75 Å². The molecule has 1 amide bonds. The second-order valence-electron chi connectivity index (χ2n) is 5.83. The number of para-hydroxylation sites is 1. The molecule has 0 fully saturated rings. The summed E-state index contributed by atoms with van der Waals surface area (Å²) in [6.45, 7) is 7.54. The molecular formula is C18H24FN3O2. The van der Waals surface area contributed by atoms with E-state index in [1.165, 1.54) is 6.07 Å². The lowest BCUT2D eigenvalue weighted by molar-refractivity contribution is 0.0950. The van der Waals surface area contributed by atoms with Gasteiger partial charge in [-0.25, -0.2) is 4.39 Å². The molecule has 0 bridgehead atoms. The highest BCUT2D eigenvalue weighted by molar-refractivity contribution is 5.95. The van der Waals surface area contributed by atoms with Crippen molar-refractivity contribution in [2.45, 2.75) is 39.7 Å². The first-order valence-electron chi connectivity index (χ1n) is 8.25. The summed E-state index contributed by atoms with van der Waals surface area (Å²) in [5.41, 5.74) is 1.42. The van der Waals surface area contributed by atoms with Gasteiger partial charge in [-0.2, -0.15) is 5.10 Å². The van der Waals surface area contributed by atoms with Crippen LogP contribution in [0.4, 0.5) is 4.39 Å². The second-order valence-corrected chi connectivity index (χ2v) is 5.83. The number of carbonyl (C=O) groups is 1. The van der Waals surface area contributed by atoms with Crippen LogP contribution in [0.1, 0.15) is 49.2 Å². The molecule has 0 aliphatic carbocycles. The van der Waals surface area contributed by atoms with Crippen LogP contribution in [0.2, 0.25) is 0 Å². The first-order valence-corrected chi connectivity index (χ1v) is 8.25. The van der Waals surface area contributed by atoms with Crippen molar-refractivity contribution in [2.24, 2.45) is 0 Å². The molecule has 0 atom stereocenters. The summed E-state index contributed by atoms with van der Waals surface area (Å²) < 4.78 is 20.5. The predicted molar refractivity (Wildman–Crippen MR) is 90.8 cm³/mol. The minimum atomic E-state index is -0.380. The average molecular weight is 333 g/mol. The molecule has 24 heavy (non-hydrogen) atoms. The van der Waals surface area contributed by atoms with E-state index in [1.54, 1.807) is 29.1 Å². The Hall–Kier alpha value is -2.37. The number of hydrogen-bond acceptors (Lipinski definition) is 3. The summed E-state index contributed by atoms with van der Waals surface area (Å²) in [4.78, 5) is 12.3. The Morgan fingerprint density at radius 2 is 2.12 bits per heavy atom. The molecule has 0 aliphatic rings. The van der Waals surface area contributed by atoms with E-state index in [2.05, 4.69) is 10.4 Å². The highest BCUT2D eigenvalue weighted by Gasteiger charge is 2.18. The first-order chi connectivity index (χ1) is 11.5. The molecule has 5 nitrogen and oxygen atoms in total. The first kappa shape index (κ1) is 18.0. The van der Waals surface area contributed by atoms with E-state index in [1.807, 2.05) is 20.8 Å². The van der Waals surface area contributed by atoms with Crippen molar-refractivity contribution in [2.75, 3.05) is 13.2 Å². The lowest BCUT2D eigenvalue weighted by atomic mass is 10.1. The quantitative estimate of drug-likeness (QED) is 0.754. The molecule has 1 heterocycles. The molecular weight excluding hydrogens is 309 g/mol. The maximum absolute atomic E-state index is 13.4. The monoisotopic (exact) mass is 333 g/mol. The molecule has 0 saturated heterocycles. The van der Waals surface area contributed by atoms with E-state index in [0.717, 1.165) is 12.2 Å². The molecule has 0 unspecified atom stereocenters. The van der Waals surface area contributed by atoms with Crippen molar-refractivity contribution in [1.29, 1.82) is 0 Å². The number of nitrogens with zero attached hydrogens (tertiary/aromatic N) is 2. The third-order valence-electron chi connectivity index (χ3n) is 3.61. The Kier molecular flexibility index (Phi) is 6.35. The zero-order valence-electron chi connectivity index (χ0n) is 14.4. The summed E-state index contributed by atoms with van der Waals surface area (Å²) in [6.07, 6.45) is 2.37. The number of nitrogens with one attached hydrogen (secondary N) is 1. The van der Waals surface area contributed by atoms with Crippen LogP contribution in [0.5, 0.6) is 5.75 Å². The number of amides is 1. The summed E-state index contributed by atoms with van der Waals surface area (Å²) in [5.74, 6) is -0.0996. The van der Waals surface area contributed by atoms with Crippen molar-refractivity contribution in [3.05, 3.63) is 47.5 Å². The largest absolute Gasteiger partial charge is 0.490 e. The number of aryl methyl sites for hydroxylation is 1. The molecule has 2 rings (SSSR count). The van der Waals surface area contributed by atoms with Gasteiger partial charge in [0, 0.05) is 19.3 Å². The van der Waals surface area contributed by atoms with Crippen molar-refractivity contribution < 1.29 is 13.9 Å².